The maximum atomic E-state index is 13.2. The first-order chi connectivity index (χ1) is 17.2. The molecule has 0 amide bonds. The Kier molecular flexibility index (Phi) is 6.23. The van der Waals surface area contributed by atoms with Gasteiger partial charge in [0.25, 0.3) is 0 Å². The van der Waals surface area contributed by atoms with E-state index in [0.29, 0.717) is 34.0 Å². The Labute approximate surface area is 223 Å². The first kappa shape index (κ1) is 27.1. The second kappa shape index (κ2) is 8.50. The molecule has 0 radical (unpaired) electrons. The summed E-state index contributed by atoms with van der Waals surface area (Å²) in [7, 11) is 0. The lowest BCUT2D eigenvalue weighted by Gasteiger charge is -2.61. The maximum absolute atomic E-state index is 13.2. The van der Waals surface area contributed by atoms with Crippen molar-refractivity contribution in [3.63, 3.8) is 0 Å². The molecular formula is C32H48O5. The predicted molar refractivity (Wildman–Crippen MR) is 142 cm³/mol. The van der Waals surface area contributed by atoms with E-state index >= 15 is 0 Å². The van der Waals surface area contributed by atoms with E-state index in [1.807, 2.05) is 20.8 Å². The third kappa shape index (κ3) is 3.40. The summed E-state index contributed by atoms with van der Waals surface area (Å²) in [6.07, 6.45) is 6.71. The number of ether oxygens (including phenoxy) is 1. The lowest BCUT2D eigenvalue weighted by atomic mass is 9.43. The molecule has 37 heavy (non-hydrogen) atoms. The molecule has 0 unspecified atom stereocenters. The minimum Gasteiger partial charge on any atom is -0.462 e. The van der Waals surface area contributed by atoms with Crippen molar-refractivity contribution in [1.82, 2.24) is 0 Å². The second-order valence-electron chi connectivity index (χ2n) is 14.5. The minimum absolute atomic E-state index is 0.0245. The van der Waals surface area contributed by atoms with E-state index in [1.54, 1.807) is 0 Å². The zero-order valence-electron chi connectivity index (χ0n) is 24.1. The van der Waals surface area contributed by atoms with Crippen molar-refractivity contribution >= 4 is 17.5 Å². The Bertz CT molecular complexity index is 1030. The van der Waals surface area contributed by atoms with Gasteiger partial charge in [-0.3, -0.25) is 14.4 Å². The molecule has 11 atom stereocenters. The van der Waals surface area contributed by atoms with Gasteiger partial charge < -0.3 is 9.84 Å². The molecule has 5 nitrogen and oxygen atoms in total. The van der Waals surface area contributed by atoms with Gasteiger partial charge in [0.05, 0.1) is 0 Å². The summed E-state index contributed by atoms with van der Waals surface area (Å²) in [6.45, 7) is 18.2. The lowest BCUT2D eigenvalue weighted by molar-refractivity contribution is -0.157. The van der Waals surface area contributed by atoms with Gasteiger partial charge in [-0.1, -0.05) is 48.1 Å². The number of hydrogen-bond donors (Lipinski definition) is 1. The number of aliphatic hydroxyl groups excluding tert-OH is 1. The number of hydrogen-bond acceptors (Lipinski definition) is 5. The van der Waals surface area contributed by atoms with Crippen LogP contribution in [0.2, 0.25) is 0 Å². The van der Waals surface area contributed by atoms with Gasteiger partial charge in [0.1, 0.15) is 18.0 Å². The molecule has 5 saturated carbocycles. The Hall–Kier alpha value is -1.49. The Morgan fingerprint density at radius 3 is 2.35 bits per heavy atom. The number of fused-ring (bicyclic) bond motifs is 2. The van der Waals surface area contributed by atoms with Crippen molar-refractivity contribution in [3.8, 4) is 0 Å². The molecule has 0 saturated heterocycles. The summed E-state index contributed by atoms with van der Waals surface area (Å²) in [4.78, 5) is 38.1. The minimum atomic E-state index is -1.15. The van der Waals surface area contributed by atoms with Crippen molar-refractivity contribution < 1.29 is 24.2 Å². The smallest absolute Gasteiger partial charge is 0.302 e. The highest BCUT2D eigenvalue weighted by molar-refractivity contribution is 5.98. The zero-order valence-corrected chi connectivity index (χ0v) is 24.1. The van der Waals surface area contributed by atoms with Crippen LogP contribution in [0.25, 0.3) is 0 Å². The molecule has 5 heteroatoms. The highest BCUT2D eigenvalue weighted by Gasteiger charge is 2.82. The average molecular weight is 513 g/mol. The SMILES string of the molecule is C=C(C(=O)[C@H](O)[C@@H](C)[C@H]1[C@@H](OC(C)=O)C[C@@]2(C)[C@@H]3CC[C@H]4[C@H](C)C(=O)CC[C@@]45C[C@@]35CC[C@]12C)C(C)C. The van der Waals surface area contributed by atoms with Gasteiger partial charge in [0.2, 0.25) is 0 Å². The van der Waals surface area contributed by atoms with E-state index in [2.05, 4.69) is 27.4 Å². The highest BCUT2D eigenvalue weighted by atomic mass is 16.5. The van der Waals surface area contributed by atoms with E-state index in [0.717, 1.165) is 44.9 Å². The first-order valence-corrected chi connectivity index (χ1v) is 14.8. The molecule has 2 spiro atoms. The highest BCUT2D eigenvalue weighted by Crippen LogP contribution is 2.88. The van der Waals surface area contributed by atoms with Crippen LogP contribution in [0.3, 0.4) is 0 Å². The van der Waals surface area contributed by atoms with Crippen LogP contribution in [-0.4, -0.2) is 34.9 Å². The van der Waals surface area contributed by atoms with Gasteiger partial charge in [0.15, 0.2) is 5.78 Å². The van der Waals surface area contributed by atoms with Crippen LogP contribution in [0.1, 0.15) is 99.8 Å². The Balaban J connectivity index is 1.50. The quantitative estimate of drug-likeness (QED) is 0.353. The molecule has 0 aromatic carbocycles. The molecule has 5 fully saturated rings. The second-order valence-corrected chi connectivity index (χ2v) is 14.5. The van der Waals surface area contributed by atoms with Crippen molar-refractivity contribution in [2.45, 2.75) is 112 Å². The molecule has 0 aromatic rings. The molecule has 0 bridgehead atoms. The van der Waals surface area contributed by atoms with Gasteiger partial charge in [-0.05, 0) is 95.9 Å². The van der Waals surface area contributed by atoms with E-state index < -0.39 is 6.10 Å². The summed E-state index contributed by atoms with van der Waals surface area (Å²) in [5.74, 6) is 0.622. The molecule has 0 aliphatic heterocycles. The van der Waals surface area contributed by atoms with E-state index in [-0.39, 0.29) is 52.4 Å². The van der Waals surface area contributed by atoms with Crippen molar-refractivity contribution in [1.29, 1.82) is 0 Å². The number of esters is 1. The van der Waals surface area contributed by atoms with E-state index in [1.165, 1.54) is 13.3 Å². The van der Waals surface area contributed by atoms with Gasteiger partial charge in [0, 0.05) is 25.2 Å². The summed E-state index contributed by atoms with van der Waals surface area (Å²) in [5, 5.41) is 11.3. The molecule has 1 N–H and O–H groups in total. The van der Waals surface area contributed by atoms with Gasteiger partial charge >= 0.3 is 5.97 Å². The van der Waals surface area contributed by atoms with E-state index in [9.17, 15) is 19.5 Å². The summed E-state index contributed by atoms with van der Waals surface area (Å²) < 4.78 is 6.04. The van der Waals surface area contributed by atoms with Crippen LogP contribution in [0, 0.1) is 57.2 Å². The fourth-order valence-electron chi connectivity index (χ4n) is 11.1. The van der Waals surface area contributed by atoms with Gasteiger partial charge in [-0.25, -0.2) is 0 Å². The fourth-order valence-corrected chi connectivity index (χ4v) is 11.1. The predicted octanol–water partition coefficient (Wildman–Crippen LogP) is 5.92. The van der Waals surface area contributed by atoms with Crippen LogP contribution >= 0.6 is 0 Å². The molecule has 0 heterocycles. The molecule has 5 aliphatic rings. The fraction of sp³-hybridized carbons (Fsp3) is 0.844. The normalized spacial score (nSPS) is 47.7. The van der Waals surface area contributed by atoms with Gasteiger partial charge in [-0.15, -0.1) is 0 Å². The van der Waals surface area contributed by atoms with Crippen LogP contribution in [0.15, 0.2) is 12.2 Å². The monoisotopic (exact) mass is 512 g/mol. The standard InChI is InChI=1S/C32H48O5/c1-17(2)18(3)27(35)28(36)20(5)26-24(37-21(6)33)15-30(8)25-10-9-22-19(4)23(34)11-12-31(22)16-32(25,31)14-13-29(26,30)7/h17,19-20,22,24-26,28,36H,3,9-16H2,1-2,4-8H3/t19-,20-,22-,24-,25-,26-,28+,29+,30-,31+,32-/m0/s1. The first-order valence-electron chi connectivity index (χ1n) is 14.8. The average Bonchev–Trinajstić information content (AvgIpc) is 3.44. The number of carbonyl (C=O) groups excluding carboxylic acids is 3. The summed E-state index contributed by atoms with van der Waals surface area (Å²) >= 11 is 0. The van der Waals surface area contributed by atoms with Crippen LogP contribution in [-0.2, 0) is 19.1 Å². The summed E-state index contributed by atoms with van der Waals surface area (Å²) in [5.41, 5.74) is 0.838. The van der Waals surface area contributed by atoms with Crippen molar-refractivity contribution in [2.24, 2.45) is 57.2 Å². The maximum Gasteiger partial charge on any atom is 0.302 e. The van der Waals surface area contributed by atoms with Gasteiger partial charge in [-0.2, -0.15) is 0 Å². The Morgan fingerprint density at radius 1 is 1.05 bits per heavy atom. The third-order valence-corrected chi connectivity index (χ3v) is 13.2. The Morgan fingerprint density at radius 2 is 1.73 bits per heavy atom. The topological polar surface area (TPSA) is 80.7 Å². The van der Waals surface area contributed by atoms with Crippen LogP contribution in [0.5, 0.6) is 0 Å². The zero-order chi connectivity index (χ0) is 27.3. The molecule has 5 aliphatic carbocycles. The third-order valence-electron chi connectivity index (χ3n) is 13.2. The van der Waals surface area contributed by atoms with Crippen molar-refractivity contribution in [2.75, 3.05) is 0 Å². The number of Topliss-reactive ketones (excluding diaryl/α,β-unsaturated/α-hetero) is 2. The molecule has 5 rings (SSSR count). The number of rotatable bonds is 6. The molecular weight excluding hydrogens is 464 g/mol. The molecule has 206 valence electrons. The van der Waals surface area contributed by atoms with Crippen LogP contribution < -0.4 is 0 Å². The van der Waals surface area contributed by atoms with Crippen molar-refractivity contribution in [3.05, 3.63) is 12.2 Å². The number of aliphatic hydroxyl groups is 1. The largest absolute Gasteiger partial charge is 0.462 e. The summed E-state index contributed by atoms with van der Waals surface area (Å²) in [6, 6.07) is 0. The number of ketones is 2. The molecule has 0 aromatic heterocycles. The lowest BCUT2D eigenvalue weighted by Crippen LogP contribution is -2.56. The van der Waals surface area contributed by atoms with Crippen LogP contribution in [0.4, 0.5) is 0 Å². The number of carbonyl (C=O) groups is 3. The van der Waals surface area contributed by atoms with E-state index in [4.69, 9.17) is 4.74 Å².